The monoisotopic (exact) mass is 882 g/mol. The van der Waals surface area contributed by atoms with E-state index in [0.717, 1.165) is 5.56 Å². The molecule has 1 aromatic heterocycles. The van der Waals surface area contributed by atoms with Crippen LogP contribution in [-0.4, -0.2) is 100 Å². The maximum atomic E-state index is 14.3. The summed E-state index contributed by atoms with van der Waals surface area (Å²) in [5.41, 5.74) is 0.834. The van der Waals surface area contributed by atoms with Gasteiger partial charge in [0.15, 0.2) is 0 Å². The Hall–Kier alpha value is -3.89. The largest absolute Gasteiger partial charge is 0.497 e. The van der Waals surface area contributed by atoms with Crippen molar-refractivity contribution in [2.45, 2.75) is 61.7 Å². The number of aromatic nitrogens is 4. The highest BCUT2D eigenvalue weighted by Gasteiger charge is 2.35. The number of alkyl carbamates (subject to hydrolysis) is 1. The maximum Gasteiger partial charge on any atom is 0.407 e. The summed E-state index contributed by atoms with van der Waals surface area (Å²) in [7, 11) is -5.85. The van der Waals surface area contributed by atoms with Crippen molar-refractivity contribution in [1.82, 2.24) is 39.9 Å². The molecule has 16 nitrogen and oxygen atoms in total. The number of halogens is 1. The van der Waals surface area contributed by atoms with Crippen LogP contribution in [-0.2, 0) is 37.9 Å². The van der Waals surface area contributed by atoms with Crippen molar-refractivity contribution in [2.24, 2.45) is 0 Å². The van der Waals surface area contributed by atoms with Gasteiger partial charge in [0.05, 0.1) is 26.3 Å². The van der Waals surface area contributed by atoms with Gasteiger partial charge in [0, 0.05) is 35.8 Å². The summed E-state index contributed by atoms with van der Waals surface area (Å²) in [5.74, 6) is 1.22. The van der Waals surface area contributed by atoms with Crippen LogP contribution in [0.5, 0.6) is 11.5 Å². The zero-order valence-corrected chi connectivity index (χ0v) is 33.8. The van der Waals surface area contributed by atoms with Gasteiger partial charge in [-0.1, -0.05) is 24.3 Å². The minimum atomic E-state index is -4.52. The van der Waals surface area contributed by atoms with Gasteiger partial charge in [0.25, 0.3) is 0 Å². The van der Waals surface area contributed by atoms with Crippen LogP contribution < -0.4 is 24.2 Å². The molecule has 4 aromatic rings. The standard InChI is InChI=1S/C34H43IN8O8S2/c1-34(2,3)51-33(44)36-17-19-42-18-16-25(22-42)40-52(45,46)29-15-14-28(35)30(31(29)53(47,48)37-20-23-6-10-26(49-4)11-7-23)32-38-41-43(39-32)21-24-8-12-27(50-5)13-9-24/h6-15,25,37,40H,16-22H2,1-5H3,(H,36,44)/t25-/m1/s1. The topological polar surface area (TPSA) is 196 Å². The molecular formula is C34H43IN8O8S2. The van der Waals surface area contributed by atoms with Crippen molar-refractivity contribution >= 4 is 48.7 Å². The Labute approximate surface area is 323 Å². The average molecular weight is 883 g/mol. The second kappa shape index (κ2) is 17.1. The van der Waals surface area contributed by atoms with Crippen LogP contribution in [0.1, 0.15) is 38.3 Å². The van der Waals surface area contributed by atoms with E-state index in [2.05, 4.69) is 30.2 Å². The van der Waals surface area contributed by atoms with Crippen LogP contribution in [0.25, 0.3) is 11.4 Å². The molecule has 0 saturated carbocycles. The molecule has 0 bridgehead atoms. The van der Waals surface area contributed by atoms with Crippen LogP contribution in [0, 0.1) is 3.57 Å². The SMILES string of the molecule is COc1ccc(CNS(=O)(=O)c2c(S(=O)(=O)N[C@@H]3CCN(CCNC(=O)OC(C)(C)C)C3)ccc(I)c2-c2nnn(Cc3ccc(OC)cc3)n2)cc1. The predicted octanol–water partition coefficient (Wildman–Crippen LogP) is 3.37. The quantitative estimate of drug-likeness (QED) is 0.148. The van der Waals surface area contributed by atoms with Gasteiger partial charge in [-0.3, -0.25) is 4.90 Å². The zero-order valence-electron chi connectivity index (χ0n) is 30.0. The lowest BCUT2D eigenvalue weighted by atomic mass is 10.2. The minimum absolute atomic E-state index is 0.00190. The van der Waals surface area contributed by atoms with Crippen molar-refractivity contribution in [2.75, 3.05) is 40.4 Å². The number of methoxy groups -OCH3 is 2. The van der Waals surface area contributed by atoms with Crippen LogP contribution in [0.3, 0.4) is 0 Å². The predicted molar refractivity (Wildman–Crippen MR) is 204 cm³/mol. The summed E-state index contributed by atoms with van der Waals surface area (Å²) in [6.07, 6.45) is -0.0601. The fourth-order valence-corrected chi connectivity index (χ4v) is 9.76. The molecule has 53 heavy (non-hydrogen) atoms. The molecule has 19 heteroatoms. The Kier molecular flexibility index (Phi) is 13.0. The average Bonchev–Trinajstić information content (AvgIpc) is 3.75. The van der Waals surface area contributed by atoms with Crippen LogP contribution >= 0.6 is 22.6 Å². The van der Waals surface area contributed by atoms with E-state index in [1.54, 1.807) is 64.3 Å². The van der Waals surface area contributed by atoms with E-state index in [4.69, 9.17) is 14.2 Å². The normalized spacial score (nSPS) is 15.3. The number of carbonyl (C=O) groups is 1. The van der Waals surface area contributed by atoms with E-state index in [9.17, 15) is 21.6 Å². The molecule has 1 aliphatic heterocycles. The molecule has 1 fully saturated rings. The number of hydrogen-bond donors (Lipinski definition) is 3. The molecule has 0 radical (unpaired) electrons. The highest BCUT2D eigenvalue weighted by molar-refractivity contribution is 14.1. The molecule has 1 amide bonds. The summed E-state index contributed by atoms with van der Waals surface area (Å²) in [5, 5.41) is 15.5. The number of ether oxygens (including phenoxy) is 3. The molecule has 0 spiro atoms. The number of carbonyl (C=O) groups excluding carboxylic acids is 1. The first-order valence-electron chi connectivity index (χ1n) is 16.6. The van der Waals surface area contributed by atoms with Crippen molar-refractivity contribution < 1.29 is 35.8 Å². The Balaban J connectivity index is 1.42. The van der Waals surface area contributed by atoms with Crippen molar-refractivity contribution in [3.8, 4) is 22.9 Å². The van der Waals surface area contributed by atoms with E-state index in [1.807, 2.05) is 39.6 Å². The molecular weight excluding hydrogens is 839 g/mol. The van der Waals surface area contributed by atoms with E-state index < -0.39 is 47.6 Å². The van der Waals surface area contributed by atoms with Crippen LogP contribution in [0.2, 0.25) is 0 Å². The molecule has 1 aliphatic rings. The van der Waals surface area contributed by atoms with Gasteiger partial charge in [0.2, 0.25) is 25.9 Å². The number of likely N-dealkylation sites (tertiary alicyclic amines) is 1. The minimum Gasteiger partial charge on any atom is -0.497 e. The highest BCUT2D eigenvalue weighted by atomic mass is 127. The molecule has 5 rings (SSSR count). The molecule has 1 atom stereocenters. The summed E-state index contributed by atoms with van der Waals surface area (Å²) in [6.45, 7) is 7.12. The Bertz CT molecular complexity index is 2110. The number of tetrazole rings is 1. The van der Waals surface area contributed by atoms with E-state index in [-0.39, 0.29) is 24.5 Å². The first-order chi connectivity index (χ1) is 25.1. The van der Waals surface area contributed by atoms with Crippen molar-refractivity contribution in [3.63, 3.8) is 0 Å². The van der Waals surface area contributed by atoms with Gasteiger partial charge >= 0.3 is 6.09 Å². The summed E-state index contributed by atoms with van der Waals surface area (Å²) in [4.78, 5) is 14.4. The zero-order chi connectivity index (χ0) is 38.4. The number of amides is 1. The van der Waals surface area contributed by atoms with Gasteiger partial charge in [-0.25, -0.2) is 31.1 Å². The molecule has 3 N–H and O–H groups in total. The first-order valence-corrected chi connectivity index (χ1v) is 20.7. The third kappa shape index (κ3) is 10.8. The summed E-state index contributed by atoms with van der Waals surface area (Å²) >= 11 is 1.94. The smallest absolute Gasteiger partial charge is 0.407 e. The van der Waals surface area contributed by atoms with Gasteiger partial charge in [-0.05, 0) is 109 Å². The van der Waals surface area contributed by atoms with E-state index in [0.29, 0.717) is 53.2 Å². The number of rotatable bonds is 15. The van der Waals surface area contributed by atoms with E-state index in [1.165, 1.54) is 24.0 Å². The third-order valence-corrected chi connectivity index (χ3v) is 12.2. The number of sulfonamides is 2. The van der Waals surface area contributed by atoms with Gasteiger partial charge in [-0.2, -0.15) is 4.80 Å². The fourth-order valence-electron chi connectivity index (χ4n) is 5.57. The van der Waals surface area contributed by atoms with Gasteiger partial charge < -0.3 is 19.5 Å². The van der Waals surface area contributed by atoms with E-state index >= 15 is 0 Å². The summed E-state index contributed by atoms with van der Waals surface area (Å²) in [6, 6.07) is 16.3. The highest BCUT2D eigenvalue weighted by Crippen LogP contribution is 2.35. The van der Waals surface area contributed by atoms with Crippen molar-refractivity contribution in [3.05, 3.63) is 75.4 Å². The Morgan fingerprint density at radius 3 is 2.19 bits per heavy atom. The number of nitrogens with zero attached hydrogens (tertiary/aromatic N) is 5. The van der Waals surface area contributed by atoms with Gasteiger partial charge in [0.1, 0.15) is 26.9 Å². The Morgan fingerprint density at radius 1 is 0.925 bits per heavy atom. The number of hydrogen-bond acceptors (Lipinski definition) is 12. The lowest BCUT2D eigenvalue weighted by Gasteiger charge is -2.21. The first kappa shape index (κ1) is 40.3. The fraction of sp³-hybridized carbons (Fsp3) is 0.412. The lowest BCUT2D eigenvalue weighted by Crippen LogP contribution is -2.40. The summed E-state index contributed by atoms with van der Waals surface area (Å²) < 4.78 is 78.2. The number of benzene rings is 3. The van der Waals surface area contributed by atoms with Crippen molar-refractivity contribution in [1.29, 1.82) is 0 Å². The second-order valence-corrected chi connectivity index (χ2v) is 17.8. The molecule has 2 heterocycles. The van der Waals surface area contributed by atoms with Gasteiger partial charge in [-0.15, -0.1) is 10.2 Å². The molecule has 1 saturated heterocycles. The third-order valence-electron chi connectivity index (χ3n) is 8.10. The lowest BCUT2D eigenvalue weighted by molar-refractivity contribution is 0.0523. The van der Waals surface area contributed by atoms with Crippen LogP contribution in [0.4, 0.5) is 4.79 Å². The van der Waals surface area contributed by atoms with Crippen LogP contribution in [0.15, 0.2) is 70.5 Å². The maximum absolute atomic E-state index is 14.3. The molecule has 286 valence electrons. The second-order valence-electron chi connectivity index (χ2n) is 13.2. The molecule has 0 aliphatic carbocycles. The molecule has 3 aromatic carbocycles. The molecule has 0 unspecified atom stereocenters. The number of nitrogens with one attached hydrogen (secondary N) is 3. The Morgan fingerprint density at radius 2 is 1.57 bits per heavy atom.